The molecule has 0 bridgehead atoms. The summed E-state index contributed by atoms with van der Waals surface area (Å²) in [6.07, 6.45) is 5.67. The molecule has 3 rings (SSSR count). The minimum atomic E-state index is 0.132. The second kappa shape index (κ2) is 5.56. The highest BCUT2D eigenvalue weighted by Crippen LogP contribution is 2.22. The summed E-state index contributed by atoms with van der Waals surface area (Å²) in [6.45, 7) is 3.56. The number of thiazole rings is 1. The van der Waals surface area contributed by atoms with E-state index in [1.807, 2.05) is 23.8 Å². The zero-order valence-electron chi connectivity index (χ0n) is 10.0. The van der Waals surface area contributed by atoms with Gasteiger partial charge < -0.3 is 4.74 Å². The van der Waals surface area contributed by atoms with Gasteiger partial charge in [0.05, 0.1) is 19.3 Å². The molecular formula is C13H15N3OS. The largest absolute Gasteiger partial charge is 0.371 e. The van der Waals surface area contributed by atoms with Crippen LogP contribution in [0.25, 0.3) is 0 Å². The Kier molecular flexibility index (Phi) is 3.64. The van der Waals surface area contributed by atoms with Crippen molar-refractivity contribution >= 4 is 11.3 Å². The number of pyridine rings is 1. The highest BCUT2D eigenvalue weighted by Gasteiger charge is 2.22. The molecule has 4 nitrogen and oxygen atoms in total. The van der Waals surface area contributed by atoms with Crippen LogP contribution in [0.2, 0.25) is 0 Å². The van der Waals surface area contributed by atoms with Crippen molar-refractivity contribution in [3.63, 3.8) is 0 Å². The third kappa shape index (κ3) is 2.75. The number of morpholine rings is 1. The number of rotatable bonds is 3. The lowest BCUT2D eigenvalue weighted by molar-refractivity contribution is -0.0330. The summed E-state index contributed by atoms with van der Waals surface area (Å²) < 4.78 is 5.81. The zero-order chi connectivity index (χ0) is 12.2. The molecule has 94 valence electrons. The first kappa shape index (κ1) is 11.8. The molecule has 2 aromatic heterocycles. The van der Waals surface area contributed by atoms with Crippen LogP contribution in [0.5, 0.6) is 0 Å². The number of hydrogen-bond acceptors (Lipinski definition) is 5. The van der Waals surface area contributed by atoms with E-state index in [9.17, 15) is 0 Å². The molecule has 3 heterocycles. The van der Waals surface area contributed by atoms with Crippen LogP contribution in [0.1, 0.15) is 16.7 Å². The standard InChI is InChI=1S/C13H15N3OS/c1-2-11(8-14-3-1)12-9-16(5-6-17-12)10-13-15-4-7-18-13/h1-4,7-8,12H,5-6,9-10H2/t12-/m1/s1. The Balaban J connectivity index is 1.65. The average molecular weight is 261 g/mol. The number of nitrogens with zero attached hydrogens (tertiary/aromatic N) is 3. The molecule has 0 N–H and O–H groups in total. The third-order valence-electron chi connectivity index (χ3n) is 3.05. The van der Waals surface area contributed by atoms with Crippen molar-refractivity contribution in [2.75, 3.05) is 19.7 Å². The van der Waals surface area contributed by atoms with E-state index in [0.29, 0.717) is 0 Å². The quantitative estimate of drug-likeness (QED) is 0.848. The summed E-state index contributed by atoms with van der Waals surface area (Å²) in [5.41, 5.74) is 1.15. The Morgan fingerprint density at radius 1 is 1.44 bits per heavy atom. The molecule has 0 amide bonds. The van der Waals surface area contributed by atoms with Gasteiger partial charge in [-0.2, -0.15) is 0 Å². The SMILES string of the molecule is c1cncc([C@H]2CN(Cc3nccs3)CCO2)c1. The van der Waals surface area contributed by atoms with Gasteiger partial charge in [-0.25, -0.2) is 4.98 Å². The van der Waals surface area contributed by atoms with E-state index < -0.39 is 0 Å². The summed E-state index contributed by atoms with van der Waals surface area (Å²) in [6, 6.07) is 4.03. The fraction of sp³-hybridized carbons (Fsp3) is 0.385. The van der Waals surface area contributed by atoms with Gasteiger partial charge in [-0.15, -0.1) is 11.3 Å². The van der Waals surface area contributed by atoms with Crippen LogP contribution in [0.3, 0.4) is 0 Å². The topological polar surface area (TPSA) is 38.2 Å². The zero-order valence-corrected chi connectivity index (χ0v) is 10.8. The van der Waals surface area contributed by atoms with Crippen molar-refractivity contribution in [3.8, 4) is 0 Å². The molecule has 1 saturated heterocycles. The van der Waals surface area contributed by atoms with Crippen LogP contribution in [0.4, 0.5) is 0 Å². The first-order valence-corrected chi connectivity index (χ1v) is 6.92. The molecule has 1 aliphatic rings. The Morgan fingerprint density at radius 3 is 3.22 bits per heavy atom. The number of ether oxygens (including phenoxy) is 1. The normalized spacial score (nSPS) is 21.0. The second-order valence-corrected chi connectivity index (χ2v) is 5.29. The number of aromatic nitrogens is 2. The van der Waals surface area contributed by atoms with Gasteiger partial charge in [0.25, 0.3) is 0 Å². The third-order valence-corrected chi connectivity index (χ3v) is 3.81. The molecule has 1 aliphatic heterocycles. The van der Waals surface area contributed by atoms with Crippen LogP contribution in [0, 0.1) is 0 Å². The van der Waals surface area contributed by atoms with Gasteiger partial charge in [0.2, 0.25) is 0 Å². The summed E-state index contributed by atoms with van der Waals surface area (Å²) >= 11 is 1.71. The predicted octanol–water partition coefficient (Wildman–Crippen LogP) is 2.11. The smallest absolute Gasteiger partial charge is 0.107 e. The maximum Gasteiger partial charge on any atom is 0.107 e. The van der Waals surface area contributed by atoms with Gasteiger partial charge in [-0.3, -0.25) is 9.88 Å². The first-order valence-electron chi connectivity index (χ1n) is 6.04. The van der Waals surface area contributed by atoms with Crippen molar-refractivity contribution in [3.05, 3.63) is 46.7 Å². The lowest BCUT2D eigenvalue weighted by Gasteiger charge is -2.32. The highest BCUT2D eigenvalue weighted by atomic mass is 32.1. The van der Waals surface area contributed by atoms with Crippen molar-refractivity contribution < 1.29 is 4.74 Å². The van der Waals surface area contributed by atoms with Gasteiger partial charge in [0.15, 0.2) is 0 Å². The van der Waals surface area contributed by atoms with Gasteiger partial charge in [0, 0.05) is 42.6 Å². The first-order chi connectivity index (χ1) is 8.92. The van der Waals surface area contributed by atoms with Crippen LogP contribution in [-0.2, 0) is 11.3 Å². The molecule has 1 atom stereocenters. The summed E-state index contributed by atoms with van der Waals surface area (Å²) in [7, 11) is 0. The Morgan fingerprint density at radius 2 is 2.44 bits per heavy atom. The van der Waals surface area contributed by atoms with Crippen LogP contribution in [-0.4, -0.2) is 34.6 Å². The van der Waals surface area contributed by atoms with Crippen LogP contribution < -0.4 is 0 Å². The van der Waals surface area contributed by atoms with Gasteiger partial charge in [-0.05, 0) is 6.07 Å². The van der Waals surface area contributed by atoms with E-state index in [-0.39, 0.29) is 6.10 Å². The van der Waals surface area contributed by atoms with Crippen molar-refractivity contribution in [1.29, 1.82) is 0 Å². The fourth-order valence-corrected chi connectivity index (χ4v) is 2.79. The Labute approximate surface area is 110 Å². The fourth-order valence-electron chi connectivity index (χ4n) is 2.14. The molecule has 0 aromatic carbocycles. The maximum absolute atomic E-state index is 5.81. The number of hydrogen-bond donors (Lipinski definition) is 0. The van der Waals surface area contributed by atoms with E-state index in [2.05, 4.69) is 20.9 Å². The summed E-state index contributed by atoms with van der Waals surface area (Å²) in [4.78, 5) is 10.9. The van der Waals surface area contributed by atoms with E-state index in [1.165, 1.54) is 5.01 Å². The molecule has 5 heteroatoms. The van der Waals surface area contributed by atoms with Crippen molar-refractivity contribution in [2.45, 2.75) is 12.6 Å². The second-order valence-electron chi connectivity index (χ2n) is 4.31. The summed E-state index contributed by atoms with van der Waals surface area (Å²) in [5, 5.41) is 3.19. The van der Waals surface area contributed by atoms with Crippen LogP contribution in [0.15, 0.2) is 36.1 Å². The van der Waals surface area contributed by atoms with E-state index in [4.69, 9.17) is 4.74 Å². The molecule has 0 saturated carbocycles. The van der Waals surface area contributed by atoms with Gasteiger partial charge >= 0.3 is 0 Å². The molecule has 0 radical (unpaired) electrons. The molecule has 18 heavy (non-hydrogen) atoms. The molecule has 1 fully saturated rings. The van der Waals surface area contributed by atoms with E-state index in [1.54, 1.807) is 17.5 Å². The lowest BCUT2D eigenvalue weighted by Crippen LogP contribution is -2.37. The van der Waals surface area contributed by atoms with Gasteiger partial charge in [-0.1, -0.05) is 6.07 Å². The molecule has 0 aliphatic carbocycles. The summed E-state index contributed by atoms with van der Waals surface area (Å²) in [5.74, 6) is 0. The van der Waals surface area contributed by atoms with Crippen molar-refractivity contribution in [2.24, 2.45) is 0 Å². The highest BCUT2D eigenvalue weighted by molar-refractivity contribution is 7.09. The van der Waals surface area contributed by atoms with Gasteiger partial charge in [0.1, 0.15) is 5.01 Å². The Bertz CT molecular complexity index is 474. The predicted molar refractivity (Wildman–Crippen MR) is 70.3 cm³/mol. The average Bonchev–Trinajstić information content (AvgIpc) is 2.93. The van der Waals surface area contributed by atoms with E-state index >= 15 is 0 Å². The lowest BCUT2D eigenvalue weighted by atomic mass is 10.1. The molecule has 0 unspecified atom stereocenters. The molecule has 2 aromatic rings. The van der Waals surface area contributed by atoms with E-state index in [0.717, 1.165) is 31.8 Å². The molecular weight excluding hydrogens is 246 g/mol. The van der Waals surface area contributed by atoms with Crippen LogP contribution >= 0.6 is 11.3 Å². The minimum absolute atomic E-state index is 0.132. The molecule has 0 spiro atoms. The Hall–Kier alpha value is -1.30. The minimum Gasteiger partial charge on any atom is -0.371 e. The maximum atomic E-state index is 5.81. The van der Waals surface area contributed by atoms with Crippen molar-refractivity contribution in [1.82, 2.24) is 14.9 Å². The monoisotopic (exact) mass is 261 g/mol.